The standard InChI is InChI=1S/C14H16Cl2N2O/c1-8(2)18-13(11(15)7-17-18)14(19)10-6-4-5-9(3)12(10)16/h4-8,14,19H,1-3H3. The Kier molecular flexibility index (Phi) is 4.19. The van der Waals surface area contributed by atoms with Crippen LogP contribution >= 0.6 is 23.2 Å². The molecule has 1 aromatic carbocycles. The summed E-state index contributed by atoms with van der Waals surface area (Å²) in [6.45, 7) is 5.87. The number of nitrogens with zero attached hydrogens (tertiary/aromatic N) is 2. The van der Waals surface area contributed by atoms with Crippen LogP contribution in [-0.2, 0) is 0 Å². The molecule has 19 heavy (non-hydrogen) atoms. The third kappa shape index (κ3) is 2.64. The molecule has 0 fully saturated rings. The number of halogens is 2. The summed E-state index contributed by atoms with van der Waals surface area (Å²) in [7, 11) is 0. The lowest BCUT2D eigenvalue weighted by Gasteiger charge is -2.18. The normalized spacial score (nSPS) is 13.0. The van der Waals surface area contributed by atoms with Gasteiger partial charge in [-0.25, -0.2) is 0 Å². The van der Waals surface area contributed by atoms with Crippen LogP contribution in [0.2, 0.25) is 10.0 Å². The summed E-state index contributed by atoms with van der Waals surface area (Å²) in [5, 5.41) is 15.8. The van der Waals surface area contributed by atoms with E-state index in [0.29, 0.717) is 21.3 Å². The van der Waals surface area contributed by atoms with Gasteiger partial charge in [0.15, 0.2) is 0 Å². The molecule has 102 valence electrons. The molecule has 2 aromatic rings. The van der Waals surface area contributed by atoms with Crippen molar-refractivity contribution < 1.29 is 5.11 Å². The van der Waals surface area contributed by atoms with Gasteiger partial charge in [0.05, 0.1) is 16.9 Å². The van der Waals surface area contributed by atoms with Gasteiger partial charge in [0, 0.05) is 16.6 Å². The highest BCUT2D eigenvalue weighted by Crippen LogP contribution is 2.34. The molecule has 1 aromatic heterocycles. The van der Waals surface area contributed by atoms with Crippen molar-refractivity contribution in [1.82, 2.24) is 9.78 Å². The average molecular weight is 299 g/mol. The van der Waals surface area contributed by atoms with Crippen LogP contribution in [0.1, 0.15) is 42.8 Å². The first-order valence-corrected chi connectivity index (χ1v) is 6.85. The maximum Gasteiger partial charge on any atom is 0.124 e. The lowest BCUT2D eigenvalue weighted by Crippen LogP contribution is -2.13. The van der Waals surface area contributed by atoms with Crippen molar-refractivity contribution in [2.45, 2.75) is 32.9 Å². The largest absolute Gasteiger partial charge is 0.382 e. The van der Waals surface area contributed by atoms with Crippen LogP contribution in [0.15, 0.2) is 24.4 Å². The Morgan fingerprint density at radius 1 is 1.26 bits per heavy atom. The van der Waals surface area contributed by atoms with Crippen LogP contribution in [0.4, 0.5) is 0 Å². The second-order valence-corrected chi connectivity index (χ2v) is 5.58. The van der Waals surface area contributed by atoms with Gasteiger partial charge in [-0.2, -0.15) is 5.10 Å². The number of hydrogen-bond acceptors (Lipinski definition) is 2. The smallest absolute Gasteiger partial charge is 0.124 e. The molecule has 0 bridgehead atoms. The number of aryl methyl sites for hydroxylation is 1. The van der Waals surface area contributed by atoms with E-state index in [4.69, 9.17) is 23.2 Å². The number of aliphatic hydroxyl groups is 1. The van der Waals surface area contributed by atoms with Crippen LogP contribution in [0, 0.1) is 6.92 Å². The van der Waals surface area contributed by atoms with E-state index in [1.165, 1.54) is 0 Å². The maximum absolute atomic E-state index is 10.6. The van der Waals surface area contributed by atoms with Crippen molar-refractivity contribution in [2.24, 2.45) is 0 Å². The quantitative estimate of drug-likeness (QED) is 0.924. The van der Waals surface area contributed by atoms with Crippen LogP contribution in [0.3, 0.4) is 0 Å². The molecule has 0 aliphatic rings. The molecule has 1 unspecified atom stereocenters. The van der Waals surface area contributed by atoms with E-state index in [9.17, 15) is 5.11 Å². The Hall–Kier alpha value is -1.03. The van der Waals surface area contributed by atoms with Gasteiger partial charge in [-0.3, -0.25) is 4.68 Å². The number of rotatable bonds is 3. The predicted octanol–water partition coefficient (Wildman–Crippen LogP) is 4.16. The van der Waals surface area contributed by atoms with Crippen molar-refractivity contribution >= 4 is 23.2 Å². The second-order valence-electron chi connectivity index (χ2n) is 4.80. The first kappa shape index (κ1) is 14.4. The number of hydrogen-bond donors (Lipinski definition) is 1. The maximum atomic E-state index is 10.6. The molecule has 2 rings (SSSR count). The molecule has 1 atom stereocenters. The van der Waals surface area contributed by atoms with Gasteiger partial charge >= 0.3 is 0 Å². The van der Waals surface area contributed by atoms with E-state index in [-0.39, 0.29) is 6.04 Å². The highest BCUT2D eigenvalue weighted by Gasteiger charge is 2.23. The Morgan fingerprint density at radius 3 is 2.58 bits per heavy atom. The minimum absolute atomic E-state index is 0.112. The van der Waals surface area contributed by atoms with E-state index in [0.717, 1.165) is 5.56 Å². The van der Waals surface area contributed by atoms with Crippen molar-refractivity contribution in [1.29, 1.82) is 0 Å². The molecule has 0 aliphatic heterocycles. The van der Waals surface area contributed by atoms with Gasteiger partial charge in [0.25, 0.3) is 0 Å². The fourth-order valence-corrected chi connectivity index (χ4v) is 2.51. The topological polar surface area (TPSA) is 38.1 Å². The second kappa shape index (κ2) is 5.53. The molecule has 0 amide bonds. The summed E-state index contributed by atoms with van der Waals surface area (Å²) < 4.78 is 1.71. The molecule has 5 heteroatoms. The molecule has 0 spiro atoms. The highest BCUT2D eigenvalue weighted by atomic mass is 35.5. The molecule has 1 heterocycles. The fourth-order valence-electron chi connectivity index (χ4n) is 2.05. The lowest BCUT2D eigenvalue weighted by atomic mass is 10.0. The third-order valence-corrected chi connectivity index (χ3v) is 3.86. The first-order valence-electron chi connectivity index (χ1n) is 6.09. The van der Waals surface area contributed by atoms with Crippen LogP contribution < -0.4 is 0 Å². The van der Waals surface area contributed by atoms with E-state index < -0.39 is 6.10 Å². The van der Waals surface area contributed by atoms with Crippen molar-refractivity contribution in [3.8, 4) is 0 Å². The SMILES string of the molecule is Cc1cccc(C(O)c2c(Cl)cnn2C(C)C)c1Cl. The monoisotopic (exact) mass is 298 g/mol. The molecule has 1 N–H and O–H groups in total. The van der Waals surface area contributed by atoms with Gasteiger partial charge in [0.2, 0.25) is 0 Å². The highest BCUT2D eigenvalue weighted by molar-refractivity contribution is 6.32. The Balaban J connectivity index is 2.53. The van der Waals surface area contributed by atoms with E-state index in [1.54, 1.807) is 16.9 Å². The summed E-state index contributed by atoms with van der Waals surface area (Å²) in [6.07, 6.45) is 0.661. The van der Waals surface area contributed by atoms with Crippen molar-refractivity contribution in [2.75, 3.05) is 0 Å². The average Bonchev–Trinajstić information content (AvgIpc) is 2.74. The van der Waals surface area contributed by atoms with Gasteiger partial charge in [-0.05, 0) is 26.3 Å². The lowest BCUT2D eigenvalue weighted by molar-refractivity contribution is 0.205. The van der Waals surface area contributed by atoms with E-state index >= 15 is 0 Å². The molecule has 0 radical (unpaired) electrons. The minimum atomic E-state index is -0.884. The number of benzene rings is 1. The van der Waals surface area contributed by atoms with E-state index in [2.05, 4.69) is 5.10 Å². The molecular weight excluding hydrogens is 283 g/mol. The summed E-state index contributed by atoms with van der Waals surface area (Å²) in [5.41, 5.74) is 2.14. The summed E-state index contributed by atoms with van der Waals surface area (Å²) in [6, 6.07) is 5.68. The minimum Gasteiger partial charge on any atom is -0.382 e. The first-order chi connectivity index (χ1) is 8.93. The summed E-state index contributed by atoms with van der Waals surface area (Å²) >= 11 is 12.4. The van der Waals surface area contributed by atoms with E-state index in [1.807, 2.05) is 32.9 Å². The van der Waals surface area contributed by atoms with Crippen LogP contribution in [0.5, 0.6) is 0 Å². The number of aliphatic hydroxyl groups excluding tert-OH is 1. The predicted molar refractivity (Wildman–Crippen MR) is 77.9 cm³/mol. The third-order valence-electron chi connectivity index (χ3n) is 3.05. The molecule has 3 nitrogen and oxygen atoms in total. The van der Waals surface area contributed by atoms with Crippen molar-refractivity contribution in [3.05, 3.63) is 51.3 Å². The number of aromatic nitrogens is 2. The van der Waals surface area contributed by atoms with Crippen LogP contribution in [-0.4, -0.2) is 14.9 Å². The fraction of sp³-hybridized carbons (Fsp3) is 0.357. The zero-order valence-corrected chi connectivity index (χ0v) is 12.6. The zero-order chi connectivity index (χ0) is 14.2. The molecule has 0 saturated carbocycles. The van der Waals surface area contributed by atoms with Gasteiger partial charge in [0.1, 0.15) is 6.10 Å². The molecule has 0 saturated heterocycles. The Bertz CT molecular complexity index is 593. The molecular formula is C14H16Cl2N2O. The van der Waals surface area contributed by atoms with Crippen molar-refractivity contribution in [3.63, 3.8) is 0 Å². The summed E-state index contributed by atoms with van der Waals surface area (Å²) in [5.74, 6) is 0. The zero-order valence-electron chi connectivity index (χ0n) is 11.1. The van der Waals surface area contributed by atoms with Crippen LogP contribution in [0.25, 0.3) is 0 Å². The van der Waals surface area contributed by atoms with Gasteiger partial charge in [-0.15, -0.1) is 0 Å². The molecule has 0 aliphatic carbocycles. The van der Waals surface area contributed by atoms with Gasteiger partial charge in [-0.1, -0.05) is 41.4 Å². The summed E-state index contributed by atoms with van der Waals surface area (Å²) in [4.78, 5) is 0. The Labute approximate surface area is 122 Å². The Morgan fingerprint density at radius 2 is 1.95 bits per heavy atom. The van der Waals surface area contributed by atoms with Gasteiger partial charge < -0.3 is 5.11 Å².